The molecule has 0 aliphatic rings. The van der Waals surface area contributed by atoms with E-state index in [-0.39, 0.29) is 4.90 Å². The number of hydrogen-bond acceptors (Lipinski definition) is 6. The van der Waals surface area contributed by atoms with Crippen molar-refractivity contribution in [2.75, 3.05) is 20.3 Å². The number of aromatic nitrogens is 1. The van der Waals surface area contributed by atoms with Gasteiger partial charge < -0.3 is 9.47 Å². The molecule has 154 valence electrons. The summed E-state index contributed by atoms with van der Waals surface area (Å²) in [5.74, 6) is 1.45. The number of ether oxygens (including phenoxy) is 2. The van der Waals surface area contributed by atoms with Gasteiger partial charge in [0, 0.05) is 17.0 Å². The third-order valence-electron chi connectivity index (χ3n) is 4.32. The van der Waals surface area contributed by atoms with Gasteiger partial charge in [0.15, 0.2) is 0 Å². The van der Waals surface area contributed by atoms with Crippen LogP contribution in [0.2, 0.25) is 0 Å². The Morgan fingerprint density at radius 2 is 1.69 bits per heavy atom. The first-order valence-corrected chi connectivity index (χ1v) is 11.6. The molecule has 2 aromatic carbocycles. The third kappa shape index (κ3) is 5.35. The van der Waals surface area contributed by atoms with Gasteiger partial charge >= 0.3 is 0 Å². The predicted octanol–water partition coefficient (Wildman–Crippen LogP) is 4.05. The minimum Gasteiger partial charge on any atom is -0.497 e. The maximum Gasteiger partial charge on any atom is 0.240 e. The summed E-state index contributed by atoms with van der Waals surface area (Å²) in [6.07, 6.45) is 0.579. The maximum atomic E-state index is 12.5. The fourth-order valence-corrected chi connectivity index (χ4v) is 4.88. The fourth-order valence-electron chi connectivity index (χ4n) is 2.78. The van der Waals surface area contributed by atoms with Gasteiger partial charge in [-0.1, -0.05) is 0 Å². The average molecular weight is 433 g/mol. The summed E-state index contributed by atoms with van der Waals surface area (Å²) in [4.78, 5) is 5.91. The molecule has 0 unspecified atom stereocenters. The van der Waals surface area contributed by atoms with Crippen molar-refractivity contribution in [3.63, 3.8) is 0 Å². The van der Waals surface area contributed by atoms with Crippen molar-refractivity contribution in [3.05, 3.63) is 59.1 Å². The molecule has 0 bridgehead atoms. The van der Waals surface area contributed by atoms with Gasteiger partial charge in [0.1, 0.15) is 16.5 Å². The van der Waals surface area contributed by atoms with Crippen molar-refractivity contribution >= 4 is 21.4 Å². The van der Waals surface area contributed by atoms with Crippen LogP contribution in [0.4, 0.5) is 0 Å². The fraction of sp³-hybridized carbons (Fsp3) is 0.286. The summed E-state index contributed by atoms with van der Waals surface area (Å²) < 4.78 is 38.2. The zero-order valence-corrected chi connectivity index (χ0v) is 18.3. The third-order valence-corrected chi connectivity index (χ3v) is 7.06. The predicted molar refractivity (Wildman–Crippen MR) is 115 cm³/mol. The molecule has 0 amide bonds. The van der Waals surface area contributed by atoms with E-state index in [1.54, 1.807) is 42.7 Å². The molecule has 0 saturated carbocycles. The number of thiazole rings is 1. The second kappa shape index (κ2) is 9.39. The zero-order valence-electron chi connectivity index (χ0n) is 16.6. The van der Waals surface area contributed by atoms with Crippen molar-refractivity contribution in [1.82, 2.24) is 9.71 Å². The van der Waals surface area contributed by atoms with E-state index >= 15 is 0 Å². The molecule has 0 saturated heterocycles. The molecule has 1 aromatic heterocycles. The van der Waals surface area contributed by atoms with Crippen molar-refractivity contribution < 1.29 is 17.9 Å². The lowest BCUT2D eigenvalue weighted by atomic mass is 10.2. The monoisotopic (exact) mass is 432 g/mol. The molecule has 0 fully saturated rings. The molecule has 0 spiro atoms. The van der Waals surface area contributed by atoms with E-state index in [9.17, 15) is 8.42 Å². The number of sulfonamides is 1. The molecular formula is C21H24N2O4S2. The lowest BCUT2D eigenvalue weighted by molar-refractivity contribution is 0.340. The van der Waals surface area contributed by atoms with E-state index in [1.165, 1.54) is 0 Å². The van der Waals surface area contributed by atoms with Crippen molar-refractivity contribution in [2.24, 2.45) is 0 Å². The molecule has 3 rings (SSSR count). The highest BCUT2D eigenvalue weighted by Crippen LogP contribution is 2.29. The number of methoxy groups -OCH3 is 1. The van der Waals surface area contributed by atoms with E-state index < -0.39 is 10.0 Å². The SMILES string of the molecule is CCOc1ccc(S(=O)(=O)NCCc2sc(-c3ccc(OC)cc3)nc2C)cc1. The van der Waals surface area contributed by atoms with Crippen LogP contribution in [0.1, 0.15) is 17.5 Å². The Kier molecular flexibility index (Phi) is 6.89. The number of aryl methyl sites for hydroxylation is 1. The average Bonchev–Trinajstić information content (AvgIpc) is 3.09. The van der Waals surface area contributed by atoms with E-state index in [0.29, 0.717) is 25.3 Å². The largest absolute Gasteiger partial charge is 0.497 e. The zero-order chi connectivity index (χ0) is 20.9. The number of hydrogen-bond donors (Lipinski definition) is 1. The Morgan fingerprint density at radius 3 is 2.31 bits per heavy atom. The highest BCUT2D eigenvalue weighted by Gasteiger charge is 2.15. The summed E-state index contributed by atoms with van der Waals surface area (Å²) in [5.41, 5.74) is 1.93. The Labute approximate surface area is 175 Å². The molecule has 0 atom stereocenters. The first-order chi connectivity index (χ1) is 13.9. The molecule has 1 heterocycles. The van der Waals surface area contributed by atoms with Gasteiger partial charge in [0.25, 0.3) is 0 Å². The number of benzene rings is 2. The van der Waals surface area contributed by atoms with Crippen molar-refractivity contribution in [1.29, 1.82) is 0 Å². The van der Waals surface area contributed by atoms with Crippen LogP contribution in [0.25, 0.3) is 10.6 Å². The Morgan fingerprint density at radius 1 is 1.03 bits per heavy atom. The van der Waals surface area contributed by atoms with Gasteiger partial charge in [-0.3, -0.25) is 0 Å². The molecule has 0 aliphatic heterocycles. The van der Waals surface area contributed by atoms with Crippen LogP contribution in [0, 0.1) is 6.92 Å². The smallest absolute Gasteiger partial charge is 0.240 e. The number of nitrogens with one attached hydrogen (secondary N) is 1. The number of rotatable bonds is 9. The first kappa shape index (κ1) is 21.3. The minimum atomic E-state index is -3.56. The van der Waals surface area contributed by atoms with Gasteiger partial charge in [-0.05, 0) is 68.8 Å². The molecular weight excluding hydrogens is 408 g/mol. The molecule has 8 heteroatoms. The minimum absolute atomic E-state index is 0.223. The highest BCUT2D eigenvalue weighted by atomic mass is 32.2. The van der Waals surface area contributed by atoms with Crippen molar-refractivity contribution in [2.45, 2.75) is 25.2 Å². The van der Waals surface area contributed by atoms with E-state index in [4.69, 9.17) is 9.47 Å². The molecule has 0 aliphatic carbocycles. The standard InChI is InChI=1S/C21H24N2O4S2/c1-4-27-18-9-11-19(12-10-18)29(24,25)22-14-13-20-15(2)23-21(28-20)16-5-7-17(26-3)8-6-16/h5-12,22H,4,13-14H2,1-3H3. The molecule has 29 heavy (non-hydrogen) atoms. The summed E-state index contributed by atoms with van der Waals surface area (Å²) in [6.45, 7) is 4.67. The molecule has 1 N–H and O–H groups in total. The second-order valence-electron chi connectivity index (χ2n) is 6.31. The van der Waals surface area contributed by atoms with E-state index in [1.807, 2.05) is 38.1 Å². The second-order valence-corrected chi connectivity index (χ2v) is 9.16. The van der Waals surface area contributed by atoms with E-state index in [0.717, 1.165) is 26.9 Å². The van der Waals surface area contributed by atoms with Crippen LogP contribution in [-0.2, 0) is 16.4 Å². The van der Waals surface area contributed by atoms with Crippen LogP contribution in [0.15, 0.2) is 53.4 Å². The van der Waals surface area contributed by atoms with Crippen molar-refractivity contribution in [3.8, 4) is 22.1 Å². The van der Waals surface area contributed by atoms with Crippen LogP contribution in [0.3, 0.4) is 0 Å². The summed E-state index contributed by atoms with van der Waals surface area (Å²) in [6, 6.07) is 14.2. The normalized spacial score (nSPS) is 11.4. The maximum absolute atomic E-state index is 12.5. The van der Waals surface area contributed by atoms with Gasteiger partial charge in [0.05, 0.1) is 24.3 Å². The lowest BCUT2D eigenvalue weighted by Crippen LogP contribution is -2.25. The molecule has 6 nitrogen and oxygen atoms in total. The molecule has 3 aromatic rings. The van der Waals surface area contributed by atoms with Gasteiger partial charge in [-0.15, -0.1) is 11.3 Å². The number of nitrogens with zero attached hydrogens (tertiary/aromatic N) is 1. The summed E-state index contributed by atoms with van der Waals surface area (Å²) in [5, 5.41) is 0.912. The quantitative estimate of drug-likeness (QED) is 0.552. The van der Waals surface area contributed by atoms with Crippen LogP contribution < -0.4 is 14.2 Å². The Balaban J connectivity index is 1.63. The topological polar surface area (TPSA) is 77.5 Å². The van der Waals surface area contributed by atoms with Gasteiger partial charge in [-0.2, -0.15) is 0 Å². The van der Waals surface area contributed by atoms with Crippen LogP contribution in [0.5, 0.6) is 11.5 Å². The highest BCUT2D eigenvalue weighted by molar-refractivity contribution is 7.89. The van der Waals surface area contributed by atoms with Crippen LogP contribution in [-0.4, -0.2) is 33.7 Å². The summed E-state index contributed by atoms with van der Waals surface area (Å²) in [7, 11) is -1.93. The lowest BCUT2D eigenvalue weighted by Gasteiger charge is -2.08. The Bertz CT molecular complexity index is 1040. The first-order valence-electron chi connectivity index (χ1n) is 9.26. The van der Waals surface area contributed by atoms with Crippen LogP contribution >= 0.6 is 11.3 Å². The summed E-state index contributed by atoms with van der Waals surface area (Å²) >= 11 is 1.58. The Hall–Kier alpha value is -2.42. The van der Waals surface area contributed by atoms with Gasteiger partial charge in [-0.25, -0.2) is 18.1 Å². The molecule has 0 radical (unpaired) electrons. The van der Waals surface area contributed by atoms with Gasteiger partial charge in [0.2, 0.25) is 10.0 Å². The van der Waals surface area contributed by atoms with E-state index in [2.05, 4.69) is 9.71 Å².